The zero-order valence-electron chi connectivity index (χ0n) is 11.2. The van der Waals surface area contributed by atoms with Gasteiger partial charge in [0.25, 0.3) is 0 Å². The van der Waals surface area contributed by atoms with Crippen molar-refractivity contribution in [3.8, 4) is 0 Å². The number of halogens is 3. The molecule has 6 nitrogen and oxygen atoms in total. The van der Waals surface area contributed by atoms with E-state index in [4.69, 9.17) is 0 Å². The molecule has 1 aromatic rings. The zero-order chi connectivity index (χ0) is 15.5. The first-order chi connectivity index (χ1) is 9.76. The van der Waals surface area contributed by atoms with E-state index >= 15 is 0 Å². The van der Waals surface area contributed by atoms with Gasteiger partial charge in [-0.05, 0) is 25.8 Å². The van der Waals surface area contributed by atoms with E-state index in [0.717, 1.165) is 19.2 Å². The highest BCUT2D eigenvalue weighted by molar-refractivity contribution is 7.89. The Kier molecular flexibility index (Phi) is 4.89. The third-order valence-corrected chi connectivity index (χ3v) is 4.31. The molecule has 0 bridgehead atoms. The van der Waals surface area contributed by atoms with Crippen LogP contribution in [0, 0.1) is 0 Å². The summed E-state index contributed by atoms with van der Waals surface area (Å²) in [4.78, 5) is -0.262. The summed E-state index contributed by atoms with van der Waals surface area (Å²) in [5, 5.41) is 7.15. The van der Waals surface area contributed by atoms with Crippen molar-refractivity contribution in [1.29, 1.82) is 0 Å². The fourth-order valence-electron chi connectivity index (χ4n) is 1.70. The van der Waals surface area contributed by atoms with Crippen LogP contribution in [0.25, 0.3) is 0 Å². The van der Waals surface area contributed by atoms with Crippen LogP contribution < -0.4 is 10.0 Å². The first-order valence-corrected chi connectivity index (χ1v) is 8.07. The summed E-state index contributed by atoms with van der Waals surface area (Å²) in [7, 11) is -4.18. The van der Waals surface area contributed by atoms with Crippen LogP contribution in [0.3, 0.4) is 0 Å². The number of hydrogen-bond acceptors (Lipinski definition) is 4. The second-order valence-corrected chi connectivity index (χ2v) is 6.73. The van der Waals surface area contributed by atoms with Crippen molar-refractivity contribution in [3.63, 3.8) is 0 Å². The van der Waals surface area contributed by atoms with Crippen molar-refractivity contribution in [3.05, 3.63) is 12.4 Å². The first-order valence-electron chi connectivity index (χ1n) is 6.58. The van der Waals surface area contributed by atoms with Crippen LogP contribution in [-0.4, -0.2) is 43.5 Å². The Balaban J connectivity index is 1.82. The second-order valence-electron chi connectivity index (χ2n) is 4.96. The summed E-state index contributed by atoms with van der Waals surface area (Å²) < 4.78 is 62.3. The highest BCUT2D eigenvalue weighted by atomic mass is 32.2. The first kappa shape index (κ1) is 16.2. The minimum Gasteiger partial charge on any atom is -0.314 e. The van der Waals surface area contributed by atoms with E-state index in [2.05, 4.69) is 10.4 Å². The Bertz CT molecular complexity index is 566. The summed E-state index contributed by atoms with van der Waals surface area (Å²) in [6, 6.07) is 0.602. The van der Waals surface area contributed by atoms with Crippen molar-refractivity contribution < 1.29 is 21.6 Å². The lowest BCUT2D eigenvalue weighted by Gasteiger charge is -2.07. The molecule has 21 heavy (non-hydrogen) atoms. The summed E-state index contributed by atoms with van der Waals surface area (Å²) in [6.45, 7) is -0.279. The molecule has 2 rings (SSSR count). The molecule has 1 saturated carbocycles. The number of rotatable bonds is 8. The van der Waals surface area contributed by atoms with E-state index < -0.39 is 22.7 Å². The van der Waals surface area contributed by atoms with Gasteiger partial charge in [-0.3, -0.25) is 4.68 Å². The Morgan fingerprint density at radius 3 is 2.71 bits per heavy atom. The van der Waals surface area contributed by atoms with Gasteiger partial charge in [-0.1, -0.05) is 0 Å². The Hall–Kier alpha value is -1.13. The molecule has 120 valence electrons. The zero-order valence-corrected chi connectivity index (χ0v) is 12.0. The standard InChI is InChI=1S/C11H17F3N4O2S/c12-11(13,14)8-17-21(19,20)10-6-16-18(7-10)5-1-4-15-9-2-3-9/h6-7,9,15,17H,1-5,8H2. The largest absolute Gasteiger partial charge is 0.402 e. The predicted molar refractivity (Wildman–Crippen MR) is 69.1 cm³/mol. The van der Waals surface area contributed by atoms with Gasteiger partial charge in [-0.25, -0.2) is 13.1 Å². The molecule has 1 aliphatic rings. The number of alkyl halides is 3. The van der Waals surface area contributed by atoms with Crippen molar-refractivity contribution in [2.45, 2.75) is 42.9 Å². The molecular formula is C11H17F3N4O2S. The summed E-state index contributed by atoms with van der Waals surface area (Å²) in [5.41, 5.74) is 0. The van der Waals surface area contributed by atoms with Gasteiger partial charge < -0.3 is 5.32 Å². The minimum atomic E-state index is -4.59. The lowest BCUT2D eigenvalue weighted by atomic mass is 10.4. The number of nitrogens with one attached hydrogen (secondary N) is 2. The molecule has 0 amide bonds. The third-order valence-electron chi connectivity index (χ3n) is 2.96. The van der Waals surface area contributed by atoms with Crippen LogP contribution in [-0.2, 0) is 16.6 Å². The van der Waals surface area contributed by atoms with Crippen LogP contribution >= 0.6 is 0 Å². The quantitative estimate of drug-likeness (QED) is 0.695. The smallest absolute Gasteiger partial charge is 0.314 e. The Morgan fingerprint density at radius 2 is 2.10 bits per heavy atom. The van der Waals surface area contributed by atoms with Gasteiger partial charge in [0, 0.05) is 18.8 Å². The maximum atomic E-state index is 12.0. The lowest BCUT2D eigenvalue weighted by molar-refractivity contribution is -0.121. The highest BCUT2D eigenvalue weighted by Gasteiger charge is 2.30. The average Bonchev–Trinajstić information content (AvgIpc) is 3.08. The molecule has 10 heteroatoms. The van der Waals surface area contributed by atoms with Gasteiger partial charge >= 0.3 is 6.18 Å². The van der Waals surface area contributed by atoms with E-state index in [1.165, 1.54) is 28.4 Å². The molecule has 0 aromatic carbocycles. The number of aromatic nitrogens is 2. The van der Waals surface area contributed by atoms with E-state index in [-0.39, 0.29) is 4.90 Å². The SMILES string of the molecule is O=S(=O)(NCC(F)(F)F)c1cnn(CCCNC2CC2)c1. The summed E-state index contributed by atoms with van der Waals surface area (Å²) in [6.07, 6.45) is 0.845. The fraction of sp³-hybridized carbons (Fsp3) is 0.727. The van der Waals surface area contributed by atoms with Gasteiger partial charge in [0.05, 0.1) is 6.20 Å². The molecule has 0 radical (unpaired) electrons. The van der Waals surface area contributed by atoms with Crippen molar-refractivity contribution in [2.75, 3.05) is 13.1 Å². The van der Waals surface area contributed by atoms with E-state index in [1.807, 2.05) is 0 Å². The second kappa shape index (κ2) is 6.32. The molecule has 0 saturated heterocycles. The average molecular weight is 326 g/mol. The lowest BCUT2D eigenvalue weighted by Crippen LogP contribution is -2.33. The van der Waals surface area contributed by atoms with E-state index in [1.54, 1.807) is 0 Å². The molecule has 1 aliphatic carbocycles. The Morgan fingerprint density at radius 1 is 1.38 bits per heavy atom. The predicted octanol–water partition coefficient (Wildman–Crippen LogP) is 0.866. The van der Waals surface area contributed by atoms with Crippen LogP contribution in [0.15, 0.2) is 17.3 Å². The van der Waals surface area contributed by atoms with Crippen LogP contribution in [0.5, 0.6) is 0 Å². The number of aryl methyl sites for hydroxylation is 1. The molecule has 1 fully saturated rings. The van der Waals surface area contributed by atoms with Crippen LogP contribution in [0.1, 0.15) is 19.3 Å². The van der Waals surface area contributed by atoms with Crippen molar-refractivity contribution in [1.82, 2.24) is 19.8 Å². The maximum Gasteiger partial charge on any atom is 0.402 e. The summed E-state index contributed by atoms with van der Waals surface area (Å²) >= 11 is 0. The number of hydrogen-bond donors (Lipinski definition) is 2. The molecule has 0 aliphatic heterocycles. The minimum absolute atomic E-state index is 0.262. The molecule has 2 N–H and O–H groups in total. The van der Waals surface area contributed by atoms with Gasteiger partial charge in [0.2, 0.25) is 10.0 Å². The van der Waals surface area contributed by atoms with Crippen molar-refractivity contribution in [2.24, 2.45) is 0 Å². The van der Waals surface area contributed by atoms with Gasteiger partial charge in [-0.2, -0.15) is 18.3 Å². The van der Waals surface area contributed by atoms with Crippen LogP contribution in [0.2, 0.25) is 0 Å². The fourth-order valence-corrected chi connectivity index (χ4v) is 2.67. The number of sulfonamides is 1. The Labute approximate surface area is 120 Å². The molecule has 0 atom stereocenters. The van der Waals surface area contributed by atoms with E-state index in [0.29, 0.717) is 12.6 Å². The third kappa shape index (κ3) is 5.64. The molecular weight excluding hydrogens is 309 g/mol. The number of nitrogens with zero attached hydrogens (tertiary/aromatic N) is 2. The molecule has 1 heterocycles. The summed E-state index contributed by atoms with van der Waals surface area (Å²) in [5.74, 6) is 0. The van der Waals surface area contributed by atoms with Gasteiger partial charge in [0.15, 0.2) is 0 Å². The molecule has 0 spiro atoms. The van der Waals surface area contributed by atoms with Gasteiger partial charge in [0.1, 0.15) is 11.4 Å². The van der Waals surface area contributed by atoms with Gasteiger partial charge in [-0.15, -0.1) is 0 Å². The monoisotopic (exact) mass is 326 g/mol. The van der Waals surface area contributed by atoms with E-state index in [9.17, 15) is 21.6 Å². The maximum absolute atomic E-state index is 12.0. The normalized spacial score (nSPS) is 16.3. The molecule has 1 aromatic heterocycles. The highest BCUT2D eigenvalue weighted by Crippen LogP contribution is 2.18. The van der Waals surface area contributed by atoms with Crippen LogP contribution in [0.4, 0.5) is 13.2 Å². The molecule has 0 unspecified atom stereocenters. The topological polar surface area (TPSA) is 76.0 Å². The van der Waals surface area contributed by atoms with Crippen molar-refractivity contribution >= 4 is 10.0 Å².